The van der Waals surface area contributed by atoms with Crippen molar-refractivity contribution in [3.63, 3.8) is 0 Å². The van der Waals surface area contributed by atoms with Crippen LogP contribution in [0.2, 0.25) is 0 Å². The van der Waals surface area contributed by atoms with Crippen molar-refractivity contribution in [2.75, 3.05) is 62.6 Å². The number of hydrogen-bond acceptors (Lipinski definition) is 6. The molecule has 1 aromatic carbocycles. The van der Waals surface area contributed by atoms with Crippen molar-refractivity contribution in [2.45, 2.75) is 46.1 Å². The van der Waals surface area contributed by atoms with Crippen LogP contribution in [0.25, 0.3) is 11.4 Å². The van der Waals surface area contributed by atoms with Crippen LogP contribution in [-0.4, -0.2) is 78.2 Å². The molecule has 0 spiro atoms. The van der Waals surface area contributed by atoms with Gasteiger partial charge in [0, 0.05) is 61.8 Å². The van der Waals surface area contributed by atoms with E-state index in [4.69, 9.17) is 4.98 Å². The molecule has 1 N–H and O–H groups in total. The molecule has 31 heavy (non-hydrogen) atoms. The third-order valence-electron chi connectivity index (χ3n) is 6.65. The SMILES string of the molecule is Cc1cnc(-c2ccc(N3CCN(C(C)C)CC3)cc2)nc1NCCCN1CCCC1. The molecule has 6 heteroatoms. The Morgan fingerprint density at radius 1 is 0.968 bits per heavy atom. The number of anilines is 2. The Morgan fingerprint density at radius 2 is 1.68 bits per heavy atom. The van der Waals surface area contributed by atoms with E-state index in [1.165, 1.54) is 38.2 Å². The Hall–Kier alpha value is -2.18. The number of hydrogen-bond donors (Lipinski definition) is 1. The van der Waals surface area contributed by atoms with Gasteiger partial charge in [0.05, 0.1) is 0 Å². The average molecular weight is 423 g/mol. The summed E-state index contributed by atoms with van der Waals surface area (Å²) in [6.45, 7) is 15.7. The van der Waals surface area contributed by atoms with Gasteiger partial charge in [-0.25, -0.2) is 9.97 Å². The number of benzene rings is 1. The van der Waals surface area contributed by atoms with Gasteiger partial charge in [0.15, 0.2) is 5.82 Å². The van der Waals surface area contributed by atoms with Crippen molar-refractivity contribution < 1.29 is 0 Å². The highest BCUT2D eigenvalue weighted by Gasteiger charge is 2.19. The van der Waals surface area contributed by atoms with E-state index < -0.39 is 0 Å². The Labute approximate surface area is 187 Å². The monoisotopic (exact) mass is 422 g/mol. The van der Waals surface area contributed by atoms with E-state index in [1.807, 2.05) is 6.20 Å². The van der Waals surface area contributed by atoms with Crippen LogP contribution in [0.15, 0.2) is 30.5 Å². The number of nitrogens with zero attached hydrogens (tertiary/aromatic N) is 5. The van der Waals surface area contributed by atoms with Crippen LogP contribution in [-0.2, 0) is 0 Å². The van der Waals surface area contributed by atoms with Gasteiger partial charge < -0.3 is 15.1 Å². The minimum absolute atomic E-state index is 0.631. The standard InChI is InChI=1S/C25H38N6/c1-20(2)30-15-17-31(18-16-30)23-9-7-22(8-10-23)25-27-19-21(3)24(28-25)26-11-6-14-29-12-4-5-13-29/h7-10,19-20H,4-6,11-18H2,1-3H3,(H,26,27,28). The highest BCUT2D eigenvalue weighted by molar-refractivity contribution is 5.62. The molecule has 2 aromatic rings. The first kappa shape index (κ1) is 22.0. The molecule has 0 unspecified atom stereocenters. The van der Waals surface area contributed by atoms with Crippen LogP contribution < -0.4 is 10.2 Å². The number of nitrogens with one attached hydrogen (secondary N) is 1. The van der Waals surface area contributed by atoms with Crippen molar-refractivity contribution in [2.24, 2.45) is 0 Å². The van der Waals surface area contributed by atoms with E-state index in [1.54, 1.807) is 0 Å². The van der Waals surface area contributed by atoms with Gasteiger partial charge in [-0.15, -0.1) is 0 Å². The number of aromatic nitrogens is 2. The smallest absolute Gasteiger partial charge is 0.161 e. The highest BCUT2D eigenvalue weighted by atomic mass is 15.3. The van der Waals surface area contributed by atoms with Gasteiger partial charge in [0.25, 0.3) is 0 Å². The first-order valence-corrected chi connectivity index (χ1v) is 12.0. The number of piperazine rings is 1. The van der Waals surface area contributed by atoms with E-state index >= 15 is 0 Å². The molecule has 6 nitrogen and oxygen atoms in total. The Kier molecular flexibility index (Phi) is 7.41. The summed E-state index contributed by atoms with van der Waals surface area (Å²) >= 11 is 0. The third kappa shape index (κ3) is 5.74. The molecular formula is C25H38N6. The Bertz CT molecular complexity index is 820. The van der Waals surface area contributed by atoms with E-state index in [-0.39, 0.29) is 0 Å². The topological polar surface area (TPSA) is 47.5 Å². The van der Waals surface area contributed by atoms with Crippen LogP contribution in [0.4, 0.5) is 11.5 Å². The molecule has 0 bridgehead atoms. The van der Waals surface area contributed by atoms with Gasteiger partial charge in [-0.3, -0.25) is 4.90 Å². The fraction of sp³-hybridized carbons (Fsp3) is 0.600. The van der Waals surface area contributed by atoms with Crippen molar-refractivity contribution in [1.29, 1.82) is 0 Å². The first-order chi connectivity index (χ1) is 15.1. The van der Waals surface area contributed by atoms with Crippen molar-refractivity contribution in [1.82, 2.24) is 19.8 Å². The second kappa shape index (κ2) is 10.4. The predicted octanol–water partition coefficient (Wildman–Crippen LogP) is 3.88. The quantitative estimate of drug-likeness (QED) is 0.652. The number of rotatable bonds is 8. The number of likely N-dealkylation sites (tertiary alicyclic amines) is 1. The first-order valence-electron chi connectivity index (χ1n) is 12.0. The molecule has 0 aliphatic carbocycles. The summed E-state index contributed by atoms with van der Waals surface area (Å²) in [6, 6.07) is 9.38. The maximum atomic E-state index is 4.83. The summed E-state index contributed by atoms with van der Waals surface area (Å²) in [7, 11) is 0. The minimum Gasteiger partial charge on any atom is -0.370 e. The van der Waals surface area contributed by atoms with Crippen LogP contribution in [0, 0.1) is 6.92 Å². The van der Waals surface area contributed by atoms with E-state index in [9.17, 15) is 0 Å². The molecule has 1 aromatic heterocycles. The predicted molar refractivity (Wildman–Crippen MR) is 130 cm³/mol. The maximum absolute atomic E-state index is 4.83. The molecule has 0 saturated carbocycles. The van der Waals surface area contributed by atoms with E-state index in [2.05, 4.69) is 70.0 Å². The second-order valence-corrected chi connectivity index (χ2v) is 9.22. The molecule has 3 heterocycles. The van der Waals surface area contributed by atoms with Crippen LogP contribution in [0.5, 0.6) is 0 Å². The summed E-state index contributed by atoms with van der Waals surface area (Å²) in [4.78, 5) is 17.0. The summed E-state index contributed by atoms with van der Waals surface area (Å²) in [5.74, 6) is 1.75. The molecule has 0 radical (unpaired) electrons. The van der Waals surface area contributed by atoms with Gasteiger partial charge in [-0.2, -0.15) is 0 Å². The zero-order valence-corrected chi connectivity index (χ0v) is 19.5. The normalized spacial score (nSPS) is 18.1. The summed E-state index contributed by atoms with van der Waals surface area (Å²) in [6.07, 6.45) is 5.80. The Morgan fingerprint density at radius 3 is 2.35 bits per heavy atom. The van der Waals surface area contributed by atoms with Gasteiger partial charge in [-0.1, -0.05) is 0 Å². The molecule has 2 aliphatic rings. The lowest BCUT2D eigenvalue weighted by atomic mass is 10.1. The van der Waals surface area contributed by atoms with E-state index in [0.29, 0.717) is 6.04 Å². The third-order valence-corrected chi connectivity index (χ3v) is 6.65. The van der Waals surface area contributed by atoms with Crippen LogP contribution >= 0.6 is 0 Å². The fourth-order valence-electron chi connectivity index (χ4n) is 4.59. The molecule has 4 rings (SSSR count). The number of aryl methyl sites for hydroxylation is 1. The van der Waals surface area contributed by atoms with Crippen molar-refractivity contribution in [3.8, 4) is 11.4 Å². The molecule has 2 saturated heterocycles. The zero-order valence-electron chi connectivity index (χ0n) is 19.5. The second-order valence-electron chi connectivity index (χ2n) is 9.22. The lowest BCUT2D eigenvalue weighted by Crippen LogP contribution is -2.48. The molecule has 2 fully saturated rings. The molecule has 168 valence electrons. The van der Waals surface area contributed by atoms with Crippen LogP contribution in [0.1, 0.15) is 38.7 Å². The van der Waals surface area contributed by atoms with Gasteiger partial charge >= 0.3 is 0 Å². The summed E-state index contributed by atoms with van der Waals surface area (Å²) in [5.41, 5.74) is 3.47. The summed E-state index contributed by atoms with van der Waals surface area (Å²) < 4.78 is 0. The maximum Gasteiger partial charge on any atom is 0.161 e. The molecule has 0 atom stereocenters. The molecule has 0 amide bonds. The average Bonchev–Trinajstić information content (AvgIpc) is 3.32. The van der Waals surface area contributed by atoms with Crippen LogP contribution in [0.3, 0.4) is 0 Å². The zero-order chi connectivity index (χ0) is 21.6. The van der Waals surface area contributed by atoms with Gasteiger partial charge in [0.1, 0.15) is 5.82 Å². The highest BCUT2D eigenvalue weighted by Crippen LogP contribution is 2.24. The van der Waals surface area contributed by atoms with Crippen molar-refractivity contribution in [3.05, 3.63) is 36.0 Å². The Balaban J connectivity index is 1.34. The largest absolute Gasteiger partial charge is 0.370 e. The lowest BCUT2D eigenvalue weighted by molar-refractivity contribution is 0.209. The van der Waals surface area contributed by atoms with Crippen molar-refractivity contribution >= 4 is 11.5 Å². The van der Waals surface area contributed by atoms with Gasteiger partial charge in [0.2, 0.25) is 0 Å². The minimum atomic E-state index is 0.631. The fourth-order valence-corrected chi connectivity index (χ4v) is 4.59. The molecular weight excluding hydrogens is 384 g/mol. The molecule has 2 aliphatic heterocycles. The van der Waals surface area contributed by atoms with E-state index in [0.717, 1.165) is 61.9 Å². The van der Waals surface area contributed by atoms with Gasteiger partial charge in [-0.05, 0) is 83.9 Å². The lowest BCUT2D eigenvalue weighted by Gasteiger charge is -2.38. The summed E-state index contributed by atoms with van der Waals surface area (Å²) in [5, 5.41) is 3.53.